The summed E-state index contributed by atoms with van der Waals surface area (Å²) in [7, 11) is 0. The van der Waals surface area contributed by atoms with E-state index in [1.165, 1.54) is 4.90 Å². The predicted molar refractivity (Wildman–Crippen MR) is 86.2 cm³/mol. The smallest absolute Gasteiger partial charge is 0.224 e. The van der Waals surface area contributed by atoms with Gasteiger partial charge in [-0.2, -0.15) is 5.26 Å². The molecular weight excluding hydrogens is 280 g/mol. The van der Waals surface area contributed by atoms with Crippen LogP contribution in [0.25, 0.3) is 0 Å². The molecule has 0 unspecified atom stereocenters. The molecule has 21 heavy (non-hydrogen) atoms. The number of nitriles is 1. The average Bonchev–Trinajstić information content (AvgIpc) is 2.53. The molecule has 0 fully saturated rings. The van der Waals surface area contributed by atoms with Crippen LogP contribution >= 0.6 is 11.8 Å². The zero-order valence-corrected chi connectivity index (χ0v) is 12.4. The quantitative estimate of drug-likeness (QED) is 0.646. The fourth-order valence-electron chi connectivity index (χ4n) is 1.84. The lowest BCUT2D eigenvalue weighted by Crippen LogP contribution is -2.12. The van der Waals surface area contributed by atoms with E-state index in [4.69, 9.17) is 5.26 Å². The summed E-state index contributed by atoms with van der Waals surface area (Å²) in [5.74, 6) is 0.850. The van der Waals surface area contributed by atoms with Gasteiger partial charge in [-0.15, -0.1) is 11.8 Å². The van der Waals surface area contributed by atoms with Crippen LogP contribution in [-0.2, 0) is 4.79 Å². The van der Waals surface area contributed by atoms with Crippen molar-refractivity contribution in [2.75, 3.05) is 11.1 Å². The number of amides is 1. The van der Waals surface area contributed by atoms with Gasteiger partial charge in [0.15, 0.2) is 0 Å². The van der Waals surface area contributed by atoms with E-state index in [0.717, 1.165) is 12.2 Å². The van der Waals surface area contributed by atoms with E-state index >= 15 is 0 Å². The van der Waals surface area contributed by atoms with Gasteiger partial charge in [0.1, 0.15) is 6.07 Å². The number of nitrogens with one attached hydrogen (secondary N) is 1. The third kappa shape index (κ3) is 4.97. The Morgan fingerprint density at radius 1 is 1.10 bits per heavy atom. The van der Waals surface area contributed by atoms with Crippen molar-refractivity contribution in [3.8, 4) is 6.07 Å². The van der Waals surface area contributed by atoms with Crippen LogP contribution in [0.2, 0.25) is 0 Å². The van der Waals surface area contributed by atoms with E-state index < -0.39 is 0 Å². The molecule has 0 spiro atoms. The van der Waals surface area contributed by atoms with Gasteiger partial charge in [-0.3, -0.25) is 4.79 Å². The first-order valence-corrected chi connectivity index (χ1v) is 7.75. The van der Waals surface area contributed by atoms with Crippen molar-refractivity contribution < 1.29 is 4.79 Å². The SMILES string of the molecule is N#Cc1ccccc1NC(=O)CCCSc1ccccc1. The molecule has 106 valence electrons. The first-order valence-electron chi connectivity index (χ1n) is 6.76. The van der Waals surface area contributed by atoms with Gasteiger partial charge in [-0.05, 0) is 36.4 Å². The highest BCUT2D eigenvalue weighted by molar-refractivity contribution is 7.99. The Bertz CT molecular complexity index is 635. The fourth-order valence-corrected chi connectivity index (χ4v) is 2.72. The first-order chi connectivity index (χ1) is 10.3. The Morgan fingerprint density at radius 3 is 2.57 bits per heavy atom. The van der Waals surface area contributed by atoms with Gasteiger partial charge in [-0.25, -0.2) is 0 Å². The van der Waals surface area contributed by atoms with E-state index in [-0.39, 0.29) is 5.91 Å². The van der Waals surface area contributed by atoms with Gasteiger partial charge in [0.05, 0.1) is 11.3 Å². The minimum atomic E-state index is -0.0497. The second-order valence-electron chi connectivity index (χ2n) is 4.47. The maximum Gasteiger partial charge on any atom is 0.224 e. The van der Waals surface area contributed by atoms with E-state index in [1.54, 1.807) is 30.0 Å². The van der Waals surface area contributed by atoms with Crippen LogP contribution < -0.4 is 5.32 Å². The Kier molecular flexibility index (Phi) is 5.86. The number of carbonyl (C=O) groups is 1. The summed E-state index contributed by atoms with van der Waals surface area (Å²) < 4.78 is 0. The van der Waals surface area contributed by atoms with Crippen LogP contribution in [0.4, 0.5) is 5.69 Å². The summed E-state index contributed by atoms with van der Waals surface area (Å²) in [6, 6.07) is 19.2. The van der Waals surface area contributed by atoms with Gasteiger partial charge in [-0.1, -0.05) is 30.3 Å². The van der Waals surface area contributed by atoms with Gasteiger partial charge < -0.3 is 5.32 Å². The van der Waals surface area contributed by atoms with Crippen molar-refractivity contribution in [3.05, 3.63) is 60.2 Å². The molecule has 2 aromatic carbocycles. The largest absolute Gasteiger partial charge is 0.325 e. The molecule has 0 aliphatic carbocycles. The minimum absolute atomic E-state index is 0.0497. The lowest BCUT2D eigenvalue weighted by molar-refractivity contribution is -0.116. The number of hydrogen-bond donors (Lipinski definition) is 1. The molecule has 0 aliphatic rings. The van der Waals surface area contributed by atoms with Crippen molar-refractivity contribution in [1.29, 1.82) is 5.26 Å². The molecule has 0 aromatic heterocycles. The summed E-state index contributed by atoms with van der Waals surface area (Å²) in [5.41, 5.74) is 1.07. The van der Waals surface area contributed by atoms with Crippen molar-refractivity contribution in [1.82, 2.24) is 0 Å². The third-order valence-corrected chi connectivity index (χ3v) is 3.98. The maximum atomic E-state index is 11.9. The lowest BCUT2D eigenvalue weighted by Gasteiger charge is -2.06. The number of hydrogen-bond acceptors (Lipinski definition) is 3. The maximum absolute atomic E-state index is 11.9. The van der Waals surface area contributed by atoms with Crippen LogP contribution in [0, 0.1) is 11.3 Å². The standard InChI is InChI=1S/C17H16N2OS/c18-13-14-7-4-5-10-16(14)19-17(20)11-6-12-21-15-8-2-1-3-9-15/h1-5,7-10H,6,11-12H2,(H,19,20). The zero-order valence-electron chi connectivity index (χ0n) is 11.6. The monoisotopic (exact) mass is 296 g/mol. The van der Waals surface area contributed by atoms with Gasteiger partial charge in [0, 0.05) is 11.3 Å². The van der Waals surface area contributed by atoms with Gasteiger partial charge >= 0.3 is 0 Å². The van der Waals surface area contributed by atoms with E-state index in [1.807, 2.05) is 24.3 Å². The second-order valence-corrected chi connectivity index (χ2v) is 5.64. The summed E-state index contributed by atoms with van der Waals surface area (Å²) in [5, 5.41) is 11.8. The first kappa shape index (κ1) is 15.1. The molecule has 0 bridgehead atoms. The third-order valence-electron chi connectivity index (χ3n) is 2.88. The number of nitrogens with zero attached hydrogens (tertiary/aromatic N) is 1. The second kappa shape index (κ2) is 8.13. The summed E-state index contributed by atoms with van der Waals surface area (Å²) in [6.07, 6.45) is 1.26. The Balaban J connectivity index is 1.74. The minimum Gasteiger partial charge on any atom is -0.325 e. The molecular formula is C17H16N2OS. The molecule has 0 atom stereocenters. The van der Waals surface area contributed by atoms with Gasteiger partial charge in [0.2, 0.25) is 5.91 Å². The summed E-state index contributed by atoms with van der Waals surface area (Å²) in [6.45, 7) is 0. The fraction of sp³-hybridized carbons (Fsp3) is 0.176. The molecule has 2 rings (SSSR count). The molecule has 1 amide bonds. The molecule has 0 heterocycles. The number of anilines is 1. The van der Waals surface area contributed by atoms with Crippen LogP contribution in [0.3, 0.4) is 0 Å². The zero-order chi connectivity index (χ0) is 14.9. The lowest BCUT2D eigenvalue weighted by atomic mass is 10.2. The molecule has 1 N–H and O–H groups in total. The topological polar surface area (TPSA) is 52.9 Å². The summed E-state index contributed by atoms with van der Waals surface area (Å²) >= 11 is 1.74. The van der Waals surface area contributed by atoms with Crippen molar-refractivity contribution in [2.45, 2.75) is 17.7 Å². The van der Waals surface area contributed by atoms with Crippen molar-refractivity contribution >= 4 is 23.4 Å². The molecule has 0 radical (unpaired) electrons. The Morgan fingerprint density at radius 2 is 1.81 bits per heavy atom. The number of benzene rings is 2. The van der Waals surface area contributed by atoms with Crippen LogP contribution in [0.1, 0.15) is 18.4 Å². The van der Waals surface area contributed by atoms with Crippen LogP contribution in [-0.4, -0.2) is 11.7 Å². The average molecular weight is 296 g/mol. The summed E-state index contributed by atoms with van der Waals surface area (Å²) in [4.78, 5) is 13.1. The van der Waals surface area contributed by atoms with E-state index in [2.05, 4.69) is 23.5 Å². The van der Waals surface area contributed by atoms with Crippen LogP contribution in [0.5, 0.6) is 0 Å². The molecule has 0 aliphatic heterocycles. The highest BCUT2D eigenvalue weighted by atomic mass is 32.2. The number of para-hydroxylation sites is 1. The van der Waals surface area contributed by atoms with E-state index in [9.17, 15) is 4.79 Å². The number of thioether (sulfide) groups is 1. The molecule has 2 aromatic rings. The van der Waals surface area contributed by atoms with Crippen LogP contribution in [0.15, 0.2) is 59.5 Å². The highest BCUT2D eigenvalue weighted by Crippen LogP contribution is 2.19. The normalized spacial score (nSPS) is 9.86. The highest BCUT2D eigenvalue weighted by Gasteiger charge is 2.06. The van der Waals surface area contributed by atoms with Crippen molar-refractivity contribution in [3.63, 3.8) is 0 Å². The van der Waals surface area contributed by atoms with Gasteiger partial charge in [0.25, 0.3) is 0 Å². The molecule has 0 saturated heterocycles. The molecule has 3 nitrogen and oxygen atoms in total. The molecule has 0 saturated carbocycles. The molecule has 4 heteroatoms. The predicted octanol–water partition coefficient (Wildman–Crippen LogP) is 4.07. The van der Waals surface area contributed by atoms with Crippen molar-refractivity contribution in [2.24, 2.45) is 0 Å². The number of rotatable bonds is 6. The number of carbonyl (C=O) groups excluding carboxylic acids is 1. The Labute approximate surface area is 129 Å². The van der Waals surface area contributed by atoms with E-state index in [0.29, 0.717) is 17.7 Å². The Hall–Kier alpha value is -2.25.